The van der Waals surface area contributed by atoms with Crippen molar-refractivity contribution in [3.05, 3.63) is 65.7 Å². The van der Waals surface area contributed by atoms with E-state index in [1.54, 1.807) is 6.07 Å². The number of rotatable bonds is 6. The fourth-order valence-electron chi connectivity index (χ4n) is 2.84. The Bertz CT molecular complexity index is 996. The van der Waals surface area contributed by atoms with Crippen LogP contribution in [0, 0.1) is 6.92 Å². The highest BCUT2D eigenvalue weighted by atomic mass is 16.5. The maximum absolute atomic E-state index is 12.7. The van der Waals surface area contributed by atoms with Gasteiger partial charge < -0.3 is 10.1 Å². The standard InChI is InChI=1S/C23H24N2O3/c1-4-16(3)24-22(26)14-28-23(27)19-13-21(17-11-9-15(2)10-12-17)25-20-8-6-5-7-18(19)20/h5-13,16H,4,14H2,1-3H3,(H,24,26)/t16-/m1/s1. The van der Waals surface area contributed by atoms with Crippen LogP contribution in [0.2, 0.25) is 0 Å². The van der Waals surface area contributed by atoms with Gasteiger partial charge in [0.25, 0.3) is 5.91 Å². The Morgan fingerprint density at radius 1 is 1.11 bits per heavy atom. The van der Waals surface area contributed by atoms with Crippen molar-refractivity contribution in [2.24, 2.45) is 0 Å². The second kappa shape index (κ2) is 8.65. The van der Waals surface area contributed by atoms with Gasteiger partial charge in [-0.2, -0.15) is 0 Å². The fourth-order valence-corrected chi connectivity index (χ4v) is 2.84. The Morgan fingerprint density at radius 3 is 2.54 bits per heavy atom. The minimum Gasteiger partial charge on any atom is -0.452 e. The summed E-state index contributed by atoms with van der Waals surface area (Å²) in [4.78, 5) is 29.3. The zero-order chi connectivity index (χ0) is 20.1. The van der Waals surface area contributed by atoms with E-state index in [1.807, 2.05) is 69.3 Å². The van der Waals surface area contributed by atoms with Gasteiger partial charge >= 0.3 is 5.97 Å². The summed E-state index contributed by atoms with van der Waals surface area (Å²) in [6.07, 6.45) is 0.814. The zero-order valence-electron chi connectivity index (χ0n) is 16.4. The normalized spacial score (nSPS) is 11.8. The lowest BCUT2D eigenvalue weighted by atomic mass is 10.0. The molecule has 0 aliphatic rings. The lowest BCUT2D eigenvalue weighted by Crippen LogP contribution is -2.35. The molecule has 0 unspecified atom stereocenters. The molecule has 28 heavy (non-hydrogen) atoms. The number of nitrogens with one attached hydrogen (secondary N) is 1. The molecule has 0 spiro atoms. The molecule has 0 fully saturated rings. The second-order valence-electron chi connectivity index (χ2n) is 6.89. The molecule has 1 amide bonds. The van der Waals surface area contributed by atoms with Crippen molar-refractivity contribution in [3.63, 3.8) is 0 Å². The number of ether oxygens (including phenoxy) is 1. The molecule has 3 rings (SSSR count). The minimum atomic E-state index is -0.536. The predicted octanol–water partition coefficient (Wildman–Crippen LogP) is 4.28. The third-order valence-electron chi connectivity index (χ3n) is 4.64. The molecule has 1 atom stereocenters. The van der Waals surface area contributed by atoms with Crippen molar-refractivity contribution in [1.82, 2.24) is 10.3 Å². The van der Waals surface area contributed by atoms with Crippen molar-refractivity contribution >= 4 is 22.8 Å². The van der Waals surface area contributed by atoms with E-state index < -0.39 is 5.97 Å². The number of aryl methyl sites for hydroxylation is 1. The molecule has 3 aromatic rings. The van der Waals surface area contributed by atoms with Crippen LogP contribution in [0.5, 0.6) is 0 Å². The van der Waals surface area contributed by atoms with Crippen molar-refractivity contribution in [1.29, 1.82) is 0 Å². The summed E-state index contributed by atoms with van der Waals surface area (Å²) in [7, 11) is 0. The molecule has 0 radical (unpaired) electrons. The van der Waals surface area contributed by atoms with Crippen molar-refractivity contribution in [2.75, 3.05) is 6.61 Å². The van der Waals surface area contributed by atoms with Gasteiger partial charge in [0.1, 0.15) is 0 Å². The van der Waals surface area contributed by atoms with Crippen LogP contribution in [0.3, 0.4) is 0 Å². The third-order valence-corrected chi connectivity index (χ3v) is 4.64. The number of pyridine rings is 1. The average molecular weight is 376 g/mol. The maximum atomic E-state index is 12.7. The number of hydrogen-bond acceptors (Lipinski definition) is 4. The number of benzene rings is 2. The zero-order valence-corrected chi connectivity index (χ0v) is 16.4. The van der Waals surface area contributed by atoms with Crippen LogP contribution < -0.4 is 5.32 Å². The van der Waals surface area contributed by atoms with Crippen molar-refractivity contribution in [3.8, 4) is 11.3 Å². The lowest BCUT2D eigenvalue weighted by Gasteiger charge is -2.13. The summed E-state index contributed by atoms with van der Waals surface area (Å²) in [5.41, 5.74) is 3.86. The number of esters is 1. The number of aromatic nitrogens is 1. The maximum Gasteiger partial charge on any atom is 0.339 e. The molecule has 1 N–H and O–H groups in total. The first-order chi connectivity index (χ1) is 13.5. The van der Waals surface area contributed by atoms with Crippen molar-refractivity contribution in [2.45, 2.75) is 33.2 Å². The number of carbonyl (C=O) groups is 2. The molecular formula is C23H24N2O3. The summed E-state index contributed by atoms with van der Waals surface area (Å²) >= 11 is 0. The third kappa shape index (κ3) is 4.55. The lowest BCUT2D eigenvalue weighted by molar-refractivity contribution is -0.124. The molecular weight excluding hydrogens is 352 g/mol. The van der Waals surface area contributed by atoms with E-state index in [1.165, 1.54) is 0 Å². The van der Waals surface area contributed by atoms with Gasteiger partial charge in [-0.25, -0.2) is 9.78 Å². The fraction of sp³-hybridized carbons (Fsp3) is 0.261. The first-order valence-electron chi connectivity index (χ1n) is 9.41. The Labute approximate surface area is 164 Å². The van der Waals surface area contributed by atoms with Crippen LogP contribution in [0.4, 0.5) is 0 Å². The largest absolute Gasteiger partial charge is 0.452 e. The first-order valence-corrected chi connectivity index (χ1v) is 9.41. The van der Waals surface area contributed by atoms with E-state index in [-0.39, 0.29) is 18.6 Å². The topological polar surface area (TPSA) is 68.3 Å². The molecule has 0 saturated carbocycles. The summed E-state index contributed by atoms with van der Waals surface area (Å²) < 4.78 is 5.27. The molecule has 1 aromatic heterocycles. The number of para-hydroxylation sites is 1. The Hall–Kier alpha value is -3.21. The highest BCUT2D eigenvalue weighted by Crippen LogP contribution is 2.25. The molecule has 2 aromatic carbocycles. The molecule has 0 bridgehead atoms. The molecule has 1 heterocycles. The average Bonchev–Trinajstić information content (AvgIpc) is 2.71. The van der Waals surface area contributed by atoms with Gasteiger partial charge in [-0.1, -0.05) is 55.0 Å². The van der Waals surface area contributed by atoms with E-state index in [4.69, 9.17) is 4.74 Å². The molecule has 0 aliphatic heterocycles. The van der Waals surface area contributed by atoms with Crippen LogP contribution in [-0.4, -0.2) is 29.5 Å². The monoisotopic (exact) mass is 376 g/mol. The number of carbonyl (C=O) groups excluding carboxylic acids is 2. The summed E-state index contributed by atoms with van der Waals surface area (Å²) in [6, 6.07) is 17.1. The van der Waals surface area contributed by atoms with Gasteiger partial charge in [0, 0.05) is 17.0 Å². The van der Waals surface area contributed by atoms with Crippen LogP contribution in [0.25, 0.3) is 22.2 Å². The molecule has 0 saturated heterocycles. The highest BCUT2D eigenvalue weighted by Gasteiger charge is 2.17. The molecule has 5 nitrogen and oxygen atoms in total. The van der Waals surface area contributed by atoms with Crippen LogP contribution in [0.15, 0.2) is 54.6 Å². The molecule has 0 aliphatic carbocycles. The number of amides is 1. The Morgan fingerprint density at radius 2 is 1.82 bits per heavy atom. The minimum absolute atomic E-state index is 0.0427. The van der Waals surface area contributed by atoms with Gasteiger partial charge in [-0.3, -0.25) is 4.79 Å². The van der Waals surface area contributed by atoms with Gasteiger partial charge in [0.2, 0.25) is 0 Å². The van der Waals surface area contributed by atoms with Gasteiger partial charge in [-0.05, 0) is 32.4 Å². The van der Waals surface area contributed by atoms with Gasteiger partial charge in [0.05, 0.1) is 16.8 Å². The van der Waals surface area contributed by atoms with E-state index >= 15 is 0 Å². The Balaban J connectivity index is 1.89. The number of fused-ring (bicyclic) bond motifs is 1. The molecule has 144 valence electrons. The molecule has 5 heteroatoms. The van der Waals surface area contributed by atoms with Crippen LogP contribution in [0.1, 0.15) is 36.2 Å². The quantitative estimate of drug-likeness (QED) is 0.652. The van der Waals surface area contributed by atoms with E-state index in [0.717, 1.165) is 17.5 Å². The summed E-state index contributed by atoms with van der Waals surface area (Å²) in [5.74, 6) is -0.842. The van der Waals surface area contributed by atoms with Crippen LogP contribution >= 0.6 is 0 Å². The van der Waals surface area contributed by atoms with E-state index in [9.17, 15) is 9.59 Å². The number of nitrogens with zero attached hydrogens (tertiary/aromatic N) is 1. The van der Waals surface area contributed by atoms with Crippen LogP contribution in [-0.2, 0) is 9.53 Å². The van der Waals surface area contributed by atoms with E-state index in [2.05, 4.69) is 10.3 Å². The summed E-state index contributed by atoms with van der Waals surface area (Å²) in [6.45, 7) is 5.60. The number of hydrogen-bond donors (Lipinski definition) is 1. The SMILES string of the molecule is CC[C@@H](C)NC(=O)COC(=O)c1cc(-c2ccc(C)cc2)nc2ccccc12. The smallest absolute Gasteiger partial charge is 0.339 e. The van der Waals surface area contributed by atoms with Gasteiger partial charge in [0.15, 0.2) is 6.61 Å². The van der Waals surface area contributed by atoms with E-state index in [0.29, 0.717) is 22.2 Å². The second-order valence-corrected chi connectivity index (χ2v) is 6.89. The Kier molecular flexibility index (Phi) is 6.04. The van der Waals surface area contributed by atoms with Gasteiger partial charge in [-0.15, -0.1) is 0 Å². The van der Waals surface area contributed by atoms with Crippen molar-refractivity contribution < 1.29 is 14.3 Å². The summed E-state index contributed by atoms with van der Waals surface area (Å²) in [5, 5.41) is 3.49. The highest BCUT2D eigenvalue weighted by molar-refractivity contribution is 6.05. The predicted molar refractivity (Wildman–Crippen MR) is 110 cm³/mol. The first kappa shape index (κ1) is 19.5.